The summed E-state index contributed by atoms with van der Waals surface area (Å²) in [6.45, 7) is 1.90. The van der Waals surface area contributed by atoms with Crippen molar-refractivity contribution in [3.8, 4) is 0 Å². The van der Waals surface area contributed by atoms with Crippen molar-refractivity contribution in [3.63, 3.8) is 0 Å². The summed E-state index contributed by atoms with van der Waals surface area (Å²) in [5, 5.41) is 0. The molecule has 0 atom stereocenters. The molecule has 0 saturated carbocycles. The van der Waals surface area contributed by atoms with Gasteiger partial charge in [0.2, 0.25) is 0 Å². The average molecular weight is 164 g/mol. The van der Waals surface area contributed by atoms with E-state index >= 15 is 0 Å². The second-order valence-electron chi connectivity index (χ2n) is 1.90. The minimum atomic E-state index is 0.194. The fourth-order valence-electron chi connectivity index (χ4n) is 0.573. The Morgan fingerprint density at radius 3 is 1.27 bits per heavy atom. The van der Waals surface area contributed by atoms with Crippen LogP contribution in [0.2, 0.25) is 0 Å². The molecule has 0 unspecified atom stereocenters. The Morgan fingerprint density at radius 1 is 0.455 bits per heavy atom. The first-order valence-electron chi connectivity index (χ1n) is 3.39. The van der Waals surface area contributed by atoms with Crippen LogP contribution in [0.5, 0.6) is 0 Å². The molecule has 5 heteroatoms. The first-order valence-corrected chi connectivity index (χ1v) is 3.39. The molecule has 66 valence electrons. The van der Waals surface area contributed by atoms with Gasteiger partial charge in [-0.3, -0.25) is 0 Å². The van der Waals surface area contributed by atoms with E-state index in [4.69, 9.17) is 23.7 Å². The zero-order valence-corrected chi connectivity index (χ0v) is 6.28. The molecule has 11 heavy (non-hydrogen) atoms. The third-order valence-electron chi connectivity index (χ3n) is 1.04. The Morgan fingerprint density at radius 2 is 0.818 bits per heavy atom. The van der Waals surface area contributed by atoms with E-state index in [0.29, 0.717) is 13.2 Å². The highest BCUT2D eigenvalue weighted by atomic mass is 16.8. The van der Waals surface area contributed by atoms with Gasteiger partial charge in [-0.25, -0.2) is 0 Å². The third-order valence-corrected chi connectivity index (χ3v) is 1.04. The largest absolute Gasteiger partial charge is 0.353 e. The second-order valence-corrected chi connectivity index (χ2v) is 1.90. The van der Waals surface area contributed by atoms with E-state index in [-0.39, 0.29) is 27.2 Å². The highest BCUT2D eigenvalue weighted by molar-refractivity contribution is 4.23. The minimum Gasteiger partial charge on any atom is -0.353 e. The van der Waals surface area contributed by atoms with Crippen LogP contribution in [0.25, 0.3) is 0 Å². The molecule has 0 aromatic rings. The van der Waals surface area contributed by atoms with Crippen molar-refractivity contribution in [2.75, 3.05) is 40.4 Å². The van der Waals surface area contributed by atoms with Gasteiger partial charge in [0, 0.05) is 0 Å². The van der Waals surface area contributed by atoms with E-state index in [1.165, 1.54) is 0 Å². The molecular formula is C6H12O5. The zero-order chi connectivity index (χ0) is 7.78. The van der Waals surface area contributed by atoms with Crippen molar-refractivity contribution in [2.45, 2.75) is 0 Å². The molecule has 1 heterocycles. The lowest BCUT2D eigenvalue weighted by atomic mass is 10.8. The van der Waals surface area contributed by atoms with Gasteiger partial charge in [-0.2, -0.15) is 0 Å². The summed E-state index contributed by atoms with van der Waals surface area (Å²) in [4.78, 5) is 0. The van der Waals surface area contributed by atoms with Gasteiger partial charge in [0.25, 0.3) is 0 Å². The van der Waals surface area contributed by atoms with E-state index in [1.807, 2.05) is 0 Å². The SMILES string of the molecule is C1COCOCOCOCO1. The van der Waals surface area contributed by atoms with Gasteiger partial charge in [0.1, 0.15) is 13.6 Å². The van der Waals surface area contributed by atoms with Crippen molar-refractivity contribution in [1.29, 1.82) is 0 Å². The predicted octanol–water partition coefficient (Wildman–Crippen LogP) is -0.0870. The molecule has 5 nitrogen and oxygen atoms in total. The second kappa shape index (κ2) is 6.51. The molecule has 0 radical (unpaired) electrons. The van der Waals surface area contributed by atoms with E-state index in [0.717, 1.165) is 0 Å². The van der Waals surface area contributed by atoms with Crippen molar-refractivity contribution in [2.24, 2.45) is 0 Å². The van der Waals surface area contributed by atoms with E-state index < -0.39 is 0 Å². The lowest BCUT2D eigenvalue weighted by molar-refractivity contribution is -0.175. The van der Waals surface area contributed by atoms with Gasteiger partial charge in [-0.05, 0) is 0 Å². The first-order chi connectivity index (χ1) is 5.50. The van der Waals surface area contributed by atoms with Gasteiger partial charge in [-0.1, -0.05) is 0 Å². The summed E-state index contributed by atoms with van der Waals surface area (Å²) in [5.41, 5.74) is 0. The molecule has 1 saturated heterocycles. The normalized spacial score (nSPS) is 24.0. The molecule has 0 bridgehead atoms. The average Bonchev–Trinajstić information content (AvgIpc) is 2.08. The van der Waals surface area contributed by atoms with Gasteiger partial charge in [0.15, 0.2) is 13.6 Å². The summed E-state index contributed by atoms with van der Waals surface area (Å²) in [6.07, 6.45) is 0. The van der Waals surface area contributed by atoms with Gasteiger partial charge >= 0.3 is 0 Å². The van der Waals surface area contributed by atoms with Crippen LogP contribution in [0.4, 0.5) is 0 Å². The summed E-state index contributed by atoms with van der Waals surface area (Å²) < 4.78 is 24.6. The third kappa shape index (κ3) is 5.11. The Hall–Kier alpha value is -0.200. The number of ether oxygens (including phenoxy) is 5. The van der Waals surface area contributed by atoms with Gasteiger partial charge in [-0.15, -0.1) is 0 Å². The molecule has 1 aliphatic heterocycles. The maximum absolute atomic E-state index is 4.98. The van der Waals surface area contributed by atoms with Crippen LogP contribution in [0.15, 0.2) is 0 Å². The molecule has 1 rings (SSSR count). The van der Waals surface area contributed by atoms with Crippen LogP contribution in [0.3, 0.4) is 0 Å². The van der Waals surface area contributed by atoms with E-state index in [1.54, 1.807) is 0 Å². The highest BCUT2D eigenvalue weighted by Crippen LogP contribution is 1.87. The molecular weight excluding hydrogens is 152 g/mol. The lowest BCUT2D eigenvalue weighted by Gasteiger charge is -2.03. The van der Waals surface area contributed by atoms with E-state index in [2.05, 4.69) is 0 Å². The van der Waals surface area contributed by atoms with Crippen LogP contribution in [-0.2, 0) is 23.7 Å². The molecule has 1 fully saturated rings. The topological polar surface area (TPSA) is 46.2 Å². The van der Waals surface area contributed by atoms with Crippen molar-refractivity contribution in [1.82, 2.24) is 0 Å². The van der Waals surface area contributed by atoms with Crippen molar-refractivity contribution >= 4 is 0 Å². The Kier molecular flexibility index (Phi) is 5.26. The smallest absolute Gasteiger partial charge is 0.152 e. The number of hydrogen-bond donors (Lipinski definition) is 0. The van der Waals surface area contributed by atoms with Crippen LogP contribution >= 0.6 is 0 Å². The molecule has 0 N–H and O–H groups in total. The number of hydrogen-bond acceptors (Lipinski definition) is 5. The monoisotopic (exact) mass is 164 g/mol. The number of rotatable bonds is 0. The molecule has 0 spiro atoms. The maximum Gasteiger partial charge on any atom is 0.152 e. The minimum absolute atomic E-state index is 0.194. The fourth-order valence-corrected chi connectivity index (χ4v) is 0.573. The quantitative estimate of drug-likeness (QED) is 0.500. The van der Waals surface area contributed by atoms with Crippen LogP contribution in [-0.4, -0.2) is 40.4 Å². The Labute approximate surface area is 65.1 Å². The summed E-state index contributed by atoms with van der Waals surface area (Å²) in [7, 11) is 0. The van der Waals surface area contributed by atoms with Crippen LogP contribution < -0.4 is 0 Å². The first kappa shape index (κ1) is 8.89. The molecule has 1 aliphatic rings. The predicted molar refractivity (Wildman–Crippen MR) is 34.6 cm³/mol. The van der Waals surface area contributed by atoms with Crippen molar-refractivity contribution < 1.29 is 23.7 Å². The Bertz CT molecular complexity index is 49.0. The van der Waals surface area contributed by atoms with Crippen LogP contribution in [0.1, 0.15) is 0 Å². The van der Waals surface area contributed by atoms with Crippen LogP contribution in [0, 0.1) is 0 Å². The summed E-state index contributed by atoms with van der Waals surface area (Å²) in [6, 6.07) is 0. The van der Waals surface area contributed by atoms with Gasteiger partial charge in [0.05, 0.1) is 13.2 Å². The molecule has 0 amide bonds. The standard InChI is InChI=1S/C6H12O5/c1-2-8-4-10-6-11-5-9-3-7-1/h1-6H2. The lowest BCUT2D eigenvalue weighted by Crippen LogP contribution is -2.07. The summed E-state index contributed by atoms with van der Waals surface area (Å²) >= 11 is 0. The summed E-state index contributed by atoms with van der Waals surface area (Å²) in [5.74, 6) is 0. The van der Waals surface area contributed by atoms with Gasteiger partial charge < -0.3 is 23.7 Å². The zero-order valence-electron chi connectivity index (χ0n) is 6.28. The highest BCUT2D eigenvalue weighted by Gasteiger charge is 1.94. The molecule has 0 aromatic heterocycles. The van der Waals surface area contributed by atoms with E-state index in [9.17, 15) is 0 Å². The fraction of sp³-hybridized carbons (Fsp3) is 1.00. The Balaban J connectivity index is 2.02. The van der Waals surface area contributed by atoms with Crippen molar-refractivity contribution in [3.05, 3.63) is 0 Å². The maximum atomic E-state index is 4.98. The molecule has 0 aliphatic carbocycles. The molecule has 0 aromatic carbocycles.